The number of halogens is 1. The van der Waals surface area contributed by atoms with E-state index >= 15 is 0 Å². The van der Waals surface area contributed by atoms with Gasteiger partial charge in [0.25, 0.3) is 0 Å². The van der Waals surface area contributed by atoms with Crippen molar-refractivity contribution in [3.8, 4) is 0 Å². The van der Waals surface area contributed by atoms with Crippen LogP contribution in [0.4, 0.5) is 0 Å². The third-order valence-electron chi connectivity index (χ3n) is 3.84. The predicted octanol–water partition coefficient (Wildman–Crippen LogP) is 3.87. The third-order valence-corrected chi connectivity index (χ3v) is 4.09. The van der Waals surface area contributed by atoms with Gasteiger partial charge in [0.15, 0.2) is 0 Å². The van der Waals surface area contributed by atoms with E-state index in [1.807, 2.05) is 47.4 Å². The molecule has 1 aromatic carbocycles. The van der Waals surface area contributed by atoms with Crippen LogP contribution in [0.5, 0.6) is 0 Å². The van der Waals surface area contributed by atoms with Crippen LogP contribution < -0.4 is 5.48 Å². The van der Waals surface area contributed by atoms with Gasteiger partial charge in [0, 0.05) is 31.1 Å². The van der Waals surface area contributed by atoms with Crippen molar-refractivity contribution >= 4 is 17.5 Å². The number of nitrogens with one attached hydrogen (secondary N) is 1. The quantitative estimate of drug-likeness (QED) is 0.510. The van der Waals surface area contributed by atoms with Gasteiger partial charge in [-0.15, -0.1) is 0 Å². The summed E-state index contributed by atoms with van der Waals surface area (Å²) in [7, 11) is 1.55. The molecule has 2 rings (SSSR count). The largest absolute Gasteiger partial charge is 0.381 e. The van der Waals surface area contributed by atoms with Crippen LogP contribution in [0.3, 0.4) is 0 Å². The molecule has 144 valence electrons. The lowest BCUT2D eigenvalue weighted by Crippen LogP contribution is -2.25. The second-order valence-electron chi connectivity index (χ2n) is 5.88. The number of aryl methyl sites for hydroxylation is 2. The van der Waals surface area contributed by atoms with Gasteiger partial charge in [-0.25, -0.2) is 5.48 Å². The number of amides is 1. The van der Waals surface area contributed by atoms with Crippen molar-refractivity contribution in [2.45, 2.75) is 51.7 Å². The maximum Gasteiger partial charge on any atom is 0.245 e. The van der Waals surface area contributed by atoms with Gasteiger partial charge in [-0.1, -0.05) is 37.1 Å². The van der Waals surface area contributed by atoms with Crippen LogP contribution in [0.1, 0.15) is 38.2 Å². The Hall–Kier alpha value is -1.89. The van der Waals surface area contributed by atoms with Crippen molar-refractivity contribution in [1.82, 2.24) is 15.3 Å². The van der Waals surface area contributed by atoms with E-state index in [4.69, 9.17) is 21.5 Å². The molecule has 1 aromatic heterocycles. The van der Waals surface area contributed by atoms with E-state index in [0.29, 0.717) is 11.4 Å². The fraction of sp³-hybridized carbons (Fsp3) is 0.474. The number of unbranched alkanes of at least 4 members (excludes halogenated alkanes) is 1. The number of benzene rings is 1. The summed E-state index contributed by atoms with van der Waals surface area (Å²) in [6.07, 6.45) is 7.74. The SMILES string of the molecule is CCCCn1cccn1.COC(CCc1ccc(Cl)cc1)CC(=O)NO. The van der Waals surface area contributed by atoms with Crippen LogP contribution >= 0.6 is 11.6 Å². The number of methoxy groups -OCH3 is 1. The Bertz CT molecular complexity index is 603. The molecule has 0 spiro atoms. The highest BCUT2D eigenvalue weighted by Gasteiger charge is 2.12. The Morgan fingerprint density at radius 2 is 2.12 bits per heavy atom. The van der Waals surface area contributed by atoms with Crippen molar-refractivity contribution in [3.63, 3.8) is 0 Å². The molecule has 0 aliphatic rings. The molecule has 6 nitrogen and oxygen atoms in total. The molecule has 0 fully saturated rings. The lowest BCUT2D eigenvalue weighted by atomic mass is 10.0. The molecule has 1 atom stereocenters. The number of aromatic nitrogens is 2. The van der Waals surface area contributed by atoms with Crippen LogP contribution in [-0.2, 0) is 22.5 Å². The molecule has 2 N–H and O–H groups in total. The number of hydroxylamine groups is 1. The molecule has 1 amide bonds. The van der Waals surface area contributed by atoms with Gasteiger partial charge in [-0.05, 0) is 43.0 Å². The van der Waals surface area contributed by atoms with E-state index in [1.165, 1.54) is 12.8 Å². The van der Waals surface area contributed by atoms with Crippen molar-refractivity contribution in [1.29, 1.82) is 0 Å². The normalized spacial score (nSPS) is 11.4. The lowest BCUT2D eigenvalue weighted by Gasteiger charge is -2.13. The highest BCUT2D eigenvalue weighted by molar-refractivity contribution is 6.30. The minimum Gasteiger partial charge on any atom is -0.381 e. The molecular weight excluding hydrogens is 354 g/mol. The van der Waals surface area contributed by atoms with Gasteiger partial charge in [0.05, 0.1) is 12.5 Å². The Morgan fingerprint density at radius 1 is 1.38 bits per heavy atom. The molecule has 7 heteroatoms. The van der Waals surface area contributed by atoms with Gasteiger partial charge in [0.2, 0.25) is 5.91 Å². The zero-order valence-corrected chi connectivity index (χ0v) is 16.2. The third kappa shape index (κ3) is 9.56. The number of rotatable bonds is 9. The maximum atomic E-state index is 11.0. The van der Waals surface area contributed by atoms with E-state index in [9.17, 15) is 4.79 Å². The lowest BCUT2D eigenvalue weighted by molar-refractivity contribution is -0.131. The van der Waals surface area contributed by atoms with Crippen molar-refractivity contribution in [3.05, 3.63) is 53.3 Å². The Kier molecular flexibility index (Phi) is 11.4. The van der Waals surface area contributed by atoms with E-state index in [-0.39, 0.29) is 12.5 Å². The van der Waals surface area contributed by atoms with E-state index in [2.05, 4.69) is 12.0 Å². The summed E-state index contributed by atoms with van der Waals surface area (Å²) in [6.45, 7) is 3.24. The number of nitrogens with zero attached hydrogens (tertiary/aromatic N) is 2. The standard InChI is InChI=1S/C12H16ClNO3.C7H12N2/c1-17-11(8-12(15)14-16)7-4-9-2-5-10(13)6-3-9;1-2-3-6-9-7-4-5-8-9/h2-3,5-6,11,16H,4,7-8H2,1H3,(H,14,15);4-5,7H,2-3,6H2,1H3. The average Bonchev–Trinajstić information content (AvgIpc) is 3.18. The summed E-state index contributed by atoms with van der Waals surface area (Å²) in [5.74, 6) is -0.437. The van der Waals surface area contributed by atoms with Crippen LogP contribution in [0.15, 0.2) is 42.7 Å². The first-order chi connectivity index (χ1) is 12.6. The van der Waals surface area contributed by atoms with Crippen LogP contribution in [0, 0.1) is 0 Å². The van der Waals surface area contributed by atoms with Gasteiger partial charge in [-0.3, -0.25) is 14.7 Å². The first-order valence-electron chi connectivity index (χ1n) is 8.76. The second-order valence-corrected chi connectivity index (χ2v) is 6.32. The molecule has 0 saturated carbocycles. The number of hydrogen-bond donors (Lipinski definition) is 2. The molecular formula is C19H28ClN3O3. The smallest absolute Gasteiger partial charge is 0.245 e. The molecule has 0 bridgehead atoms. The molecule has 0 aliphatic heterocycles. The highest BCUT2D eigenvalue weighted by atomic mass is 35.5. The minimum absolute atomic E-state index is 0.153. The molecule has 0 radical (unpaired) electrons. The molecule has 1 unspecified atom stereocenters. The van der Waals surface area contributed by atoms with E-state index in [0.717, 1.165) is 18.5 Å². The number of ether oxygens (including phenoxy) is 1. The summed E-state index contributed by atoms with van der Waals surface area (Å²) in [4.78, 5) is 11.0. The van der Waals surface area contributed by atoms with Crippen molar-refractivity contribution < 1.29 is 14.7 Å². The maximum absolute atomic E-state index is 11.0. The Morgan fingerprint density at radius 3 is 2.65 bits per heavy atom. The first-order valence-corrected chi connectivity index (χ1v) is 9.14. The van der Waals surface area contributed by atoms with Crippen molar-refractivity contribution in [2.24, 2.45) is 0 Å². The van der Waals surface area contributed by atoms with Gasteiger partial charge in [-0.2, -0.15) is 5.10 Å². The van der Waals surface area contributed by atoms with Crippen LogP contribution in [0.2, 0.25) is 5.02 Å². The van der Waals surface area contributed by atoms with E-state index < -0.39 is 5.91 Å². The molecule has 1 heterocycles. The summed E-state index contributed by atoms with van der Waals surface area (Å²) in [6, 6.07) is 9.51. The van der Waals surface area contributed by atoms with Crippen molar-refractivity contribution in [2.75, 3.05) is 7.11 Å². The van der Waals surface area contributed by atoms with E-state index in [1.54, 1.807) is 12.6 Å². The second kappa shape index (κ2) is 13.3. The number of carbonyl (C=O) groups excluding carboxylic acids is 1. The molecule has 2 aromatic rings. The monoisotopic (exact) mass is 381 g/mol. The fourth-order valence-corrected chi connectivity index (χ4v) is 2.41. The number of hydrogen-bond acceptors (Lipinski definition) is 4. The van der Waals surface area contributed by atoms with Crippen LogP contribution in [0.25, 0.3) is 0 Å². The Labute approximate surface area is 160 Å². The zero-order chi connectivity index (χ0) is 19.2. The average molecular weight is 382 g/mol. The summed E-state index contributed by atoms with van der Waals surface area (Å²) in [5, 5.41) is 13.2. The van der Waals surface area contributed by atoms with Gasteiger partial charge < -0.3 is 4.74 Å². The van der Waals surface area contributed by atoms with Gasteiger partial charge in [0.1, 0.15) is 0 Å². The highest BCUT2D eigenvalue weighted by Crippen LogP contribution is 2.13. The first kappa shape index (κ1) is 22.2. The molecule has 0 saturated heterocycles. The fourth-order valence-electron chi connectivity index (χ4n) is 2.29. The van der Waals surface area contributed by atoms with Gasteiger partial charge >= 0.3 is 0 Å². The predicted molar refractivity (Wildman–Crippen MR) is 102 cm³/mol. The van der Waals surface area contributed by atoms with Crippen LogP contribution in [-0.4, -0.2) is 34.1 Å². The summed E-state index contributed by atoms with van der Waals surface area (Å²) in [5.41, 5.74) is 2.74. The minimum atomic E-state index is -0.437. The zero-order valence-electron chi connectivity index (χ0n) is 15.4. The molecule has 26 heavy (non-hydrogen) atoms. The topological polar surface area (TPSA) is 76.4 Å². The summed E-state index contributed by atoms with van der Waals surface area (Å²) >= 11 is 5.78. The Balaban J connectivity index is 0.000000314. The summed E-state index contributed by atoms with van der Waals surface area (Å²) < 4.78 is 7.13. The molecule has 0 aliphatic carbocycles. The number of carbonyl (C=O) groups is 1.